The van der Waals surface area contributed by atoms with E-state index in [1.54, 1.807) is 18.2 Å². The van der Waals surface area contributed by atoms with E-state index in [4.69, 9.17) is 10.8 Å². The zero-order valence-corrected chi connectivity index (χ0v) is 13.9. The highest BCUT2D eigenvalue weighted by molar-refractivity contribution is 9.11. The number of aliphatic carboxylic acids is 1. The summed E-state index contributed by atoms with van der Waals surface area (Å²) in [7, 11) is 0. The van der Waals surface area contributed by atoms with Crippen molar-refractivity contribution in [3.63, 3.8) is 0 Å². The van der Waals surface area contributed by atoms with Crippen molar-refractivity contribution in [3.8, 4) is 0 Å². The van der Waals surface area contributed by atoms with Crippen molar-refractivity contribution >= 4 is 55.5 Å². The van der Waals surface area contributed by atoms with Gasteiger partial charge in [-0.1, -0.05) is 15.9 Å². The van der Waals surface area contributed by atoms with Crippen LogP contribution in [0.15, 0.2) is 27.1 Å². The maximum Gasteiger partial charge on any atom is 0.326 e. The molecule has 7 nitrogen and oxygen atoms in total. The zero-order valence-electron chi connectivity index (χ0n) is 10.7. The number of carbonyl (C=O) groups is 3. The smallest absolute Gasteiger partial charge is 0.326 e. The highest BCUT2D eigenvalue weighted by Crippen LogP contribution is 2.26. The molecule has 0 saturated carbocycles. The van der Waals surface area contributed by atoms with E-state index in [2.05, 4.69) is 42.5 Å². The Morgan fingerprint density at radius 2 is 1.95 bits per heavy atom. The van der Waals surface area contributed by atoms with Gasteiger partial charge in [-0.2, -0.15) is 0 Å². The highest BCUT2D eigenvalue weighted by atomic mass is 79.9. The third kappa shape index (κ3) is 6.13. The first-order valence-corrected chi connectivity index (χ1v) is 7.42. The Balaban J connectivity index is 2.65. The largest absolute Gasteiger partial charge is 0.480 e. The van der Waals surface area contributed by atoms with Crippen molar-refractivity contribution in [2.45, 2.75) is 18.9 Å². The third-order valence-corrected chi connectivity index (χ3v) is 3.61. The number of nitrogens with two attached hydrogens (primary N) is 1. The fourth-order valence-corrected chi connectivity index (χ4v) is 2.60. The van der Waals surface area contributed by atoms with E-state index in [-0.39, 0.29) is 12.8 Å². The molecule has 5 N–H and O–H groups in total. The van der Waals surface area contributed by atoms with Crippen LogP contribution in [0.4, 0.5) is 10.5 Å². The van der Waals surface area contributed by atoms with E-state index in [0.29, 0.717) is 10.2 Å². The fraction of sp³-hybridized carbons (Fsp3) is 0.250. The molecule has 1 rings (SSSR count). The van der Waals surface area contributed by atoms with Gasteiger partial charge in [-0.15, -0.1) is 0 Å². The Bertz CT molecular complexity index is 565. The quantitative estimate of drug-likeness (QED) is 0.560. The summed E-state index contributed by atoms with van der Waals surface area (Å²) in [5.41, 5.74) is 5.44. The Hall–Kier alpha value is -1.61. The van der Waals surface area contributed by atoms with E-state index in [1.807, 2.05) is 0 Å². The summed E-state index contributed by atoms with van der Waals surface area (Å²) in [6.07, 6.45) is -0.196. The number of urea groups is 1. The van der Waals surface area contributed by atoms with Crippen LogP contribution < -0.4 is 16.4 Å². The van der Waals surface area contributed by atoms with Gasteiger partial charge in [-0.05, 0) is 40.5 Å². The monoisotopic (exact) mass is 421 g/mol. The average molecular weight is 423 g/mol. The molecule has 0 saturated heterocycles. The predicted molar refractivity (Wildman–Crippen MR) is 83.8 cm³/mol. The number of halogens is 2. The second-order valence-corrected chi connectivity index (χ2v) is 5.89. The van der Waals surface area contributed by atoms with Gasteiger partial charge in [0.2, 0.25) is 5.91 Å². The van der Waals surface area contributed by atoms with Crippen LogP contribution in [-0.4, -0.2) is 29.1 Å². The lowest BCUT2D eigenvalue weighted by Gasteiger charge is -2.15. The van der Waals surface area contributed by atoms with Gasteiger partial charge < -0.3 is 21.5 Å². The fourth-order valence-electron chi connectivity index (χ4n) is 1.45. The Kier molecular flexibility index (Phi) is 6.63. The topological polar surface area (TPSA) is 122 Å². The van der Waals surface area contributed by atoms with E-state index >= 15 is 0 Å². The van der Waals surface area contributed by atoms with Gasteiger partial charge in [-0.3, -0.25) is 4.79 Å². The summed E-state index contributed by atoms with van der Waals surface area (Å²) in [4.78, 5) is 33.4. The van der Waals surface area contributed by atoms with Crippen molar-refractivity contribution < 1.29 is 19.5 Å². The van der Waals surface area contributed by atoms with Gasteiger partial charge in [-0.25, -0.2) is 9.59 Å². The molecule has 0 aliphatic heterocycles. The zero-order chi connectivity index (χ0) is 16.0. The molecular weight excluding hydrogens is 410 g/mol. The van der Waals surface area contributed by atoms with Gasteiger partial charge in [0.05, 0.1) is 5.69 Å². The Morgan fingerprint density at radius 1 is 1.29 bits per heavy atom. The Labute approximate surface area is 137 Å². The number of carbonyl (C=O) groups excluding carboxylic acids is 2. The first-order valence-electron chi connectivity index (χ1n) is 5.83. The molecule has 1 aromatic rings. The third-order valence-electron chi connectivity index (χ3n) is 2.46. The molecule has 1 atom stereocenters. The summed E-state index contributed by atoms with van der Waals surface area (Å²) in [6, 6.07) is 3.23. The van der Waals surface area contributed by atoms with Crippen LogP contribution >= 0.6 is 31.9 Å². The molecule has 0 aliphatic rings. The maximum absolute atomic E-state index is 11.8. The molecule has 0 bridgehead atoms. The number of hydrogen-bond donors (Lipinski definition) is 4. The highest BCUT2D eigenvalue weighted by Gasteiger charge is 2.20. The van der Waals surface area contributed by atoms with Gasteiger partial charge in [0.15, 0.2) is 0 Å². The normalized spacial score (nSPS) is 11.5. The number of hydrogen-bond acceptors (Lipinski definition) is 3. The molecule has 0 spiro atoms. The first kappa shape index (κ1) is 17.4. The minimum atomic E-state index is -1.23. The standard InChI is InChI=1S/C12H13Br2N3O4/c13-6-1-2-8(7(14)5-6)16-12(21)17-9(11(19)20)3-4-10(15)18/h1-2,5,9H,3-4H2,(H2,15,18)(H,19,20)(H2,16,17,21)/t9-/m0/s1. The van der Waals surface area contributed by atoms with Crippen LogP contribution in [0.3, 0.4) is 0 Å². The SMILES string of the molecule is NC(=O)CC[C@H](NC(=O)Nc1ccc(Br)cc1Br)C(=O)O. The van der Waals surface area contributed by atoms with E-state index in [9.17, 15) is 14.4 Å². The lowest BCUT2D eigenvalue weighted by atomic mass is 10.1. The molecular formula is C12H13Br2N3O4. The summed E-state index contributed by atoms with van der Waals surface area (Å²) in [5, 5.41) is 13.8. The lowest BCUT2D eigenvalue weighted by Crippen LogP contribution is -2.43. The van der Waals surface area contributed by atoms with Crippen molar-refractivity contribution in [2.75, 3.05) is 5.32 Å². The molecule has 3 amide bonds. The second kappa shape index (κ2) is 7.99. The van der Waals surface area contributed by atoms with Crippen molar-refractivity contribution in [1.82, 2.24) is 5.32 Å². The number of rotatable bonds is 6. The van der Waals surface area contributed by atoms with Crippen molar-refractivity contribution in [1.29, 1.82) is 0 Å². The number of carboxylic acids is 1. The predicted octanol–water partition coefficient (Wildman–Crippen LogP) is 2.05. The van der Waals surface area contributed by atoms with Gasteiger partial charge in [0, 0.05) is 15.4 Å². The summed E-state index contributed by atoms with van der Waals surface area (Å²) < 4.78 is 1.46. The minimum absolute atomic E-state index is 0.0698. The number of nitrogens with one attached hydrogen (secondary N) is 2. The van der Waals surface area contributed by atoms with Gasteiger partial charge in [0.1, 0.15) is 6.04 Å². The number of amides is 3. The number of anilines is 1. The van der Waals surface area contributed by atoms with Gasteiger partial charge >= 0.3 is 12.0 Å². The van der Waals surface area contributed by atoms with Gasteiger partial charge in [0.25, 0.3) is 0 Å². The molecule has 0 unspecified atom stereocenters. The van der Waals surface area contributed by atoms with Crippen molar-refractivity contribution in [2.24, 2.45) is 5.73 Å². The number of carboxylic acid groups (broad SMARTS) is 1. The molecule has 0 aromatic heterocycles. The molecule has 9 heteroatoms. The summed E-state index contributed by atoms with van der Waals surface area (Å²) in [6.45, 7) is 0. The molecule has 1 aromatic carbocycles. The maximum atomic E-state index is 11.8. The van der Waals surface area contributed by atoms with Crippen LogP contribution in [0.2, 0.25) is 0 Å². The van der Waals surface area contributed by atoms with Crippen LogP contribution in [0.5, 0.6) is 0 Å². The molecule has 0 radical (unpaired) electrons. The van der Waals surface area contributed by atoms with Crippen LogP contribution in [0, 0.1) is 0 Å². The lowest BCUT2D eigenvalue weighted by molar-refractivity contribution is -0.139. The van der Waals surface area contributed by atoms with Crippen LogP contribution in [0.25, 0.3) is 0 Å². The van der Waals surface area contributed by atoms with Crippen LogP contribution in [0.1, 0.15) is 12.8 Å². The number of primary amides is 1. The van der Waals surface area contributed by atoms with E-state index < -0.39 is 23.9 Å². The molecule has 0 fully saturated rings. The molecule has 0 aliphatic carbocycles. The minimum Gasteiger partial charge on any atom is -0.480 e. The average Bonchev–Trinajstić information content (AvgIpc) is 2.37. The van der Waals surface area contributed by atoms with E-state index in [0.717, 1.165) is 4.47 Å². The second-order valence-electron chi connectivity index (χ2n) is 4.12. The summed E-state index contributed by atoms with van der Waals surface area (Å²) in [5.74, 6) is -1.86. The molecule has 0 heterocycles. The molecule has 114 valence electrons. The summed E-state index contributed by atoms with van der Waals surface area (Å²) >= 11 is 6.55. The van der Waals surface area contributed by atoms with Crippen LogP contribution in [-0.2, 0) is 9.59 Å². The first-order chi connectivity index (χ1) is 9.79. The Morgan fingerprint density at radius 3 is 2.48 bits per heavy atom. The number of benzene rings is 1. The van der Waals surface area contributed by atoms with E-state index in [1.165, 1.54) is 0 Å². The van der Waals surface area contributed by atoms with Crippen molar-refractivity contribution in [3.05, 3.63) is 27.1 Å². The molecule has 21 heavy (non-hydrogen) atoms.